The number of carbonyl (C=O) groups is 3. The molecule has 0 unspecified atom stereocenters. The normalized spacial score (nSPS) is 13.1. The Morgan fingerprint density at radius 1 is 1.06 bits per heavy atom. The molecule has 0 spiro atoms. The molecule has 2 aromatic carbocycles. The Morgan fingerprint density at radius 3 is 2.50 bits per heavy atom. The number of anilines is 1. The van der Waals surface area contributed by atoms with E-state index in [0.717, 1.165) is 13.0 Å². The number of ether oxygens (including phenoxy) is 2. The number of hydrogen-bond donors (Lipinski definition) is 2. The summed E-state index contributed by atoms with van der Waals surface area (Å²) in [7, 11) is 0. The van der Waals surface area contributed by atoms with Crippen LogP contribution in [-0.2, 0) is 4.79 Å². The molecular weight excluding hydrogens is 480 g/mol. The first-order valence-electron chi connectivity index (χ1n) is 11.7. The zero-order valence-electron chi connectivity index (χ0n) is 20.2. The molecule has 3 aromatic rings. The van der Waals surface area contributed by atoms with Crippen LogP contribution in [0.15, 0.2) is 54.0 Å². The van der Waals surface area contributed by atoms with Crippen LogP contribution in [0.2, 0.25) is 0 Å². The lowest BCUT2D eigenvalue weighted by Gasteiger charge is -2.15. The van der Waals surface area contributed by atoms with Crippen LogP contribution in [-0.4, -0.2) is 53.3 Å². The lowest BCUT2D eigenvalue weighted by atomic mass is 10.1. The summed E-state index contributed by atoms with van der Waals surface area (Å²) >= 11 is 1.33. The maximum absolute atomic E-state index is 12.7. The Bertz CT molecular complexity index is 1210. The Morgan fingerprint density at radius 2 is 1.83 bits per heavy atom. The summed E-state index contributed by atoms with van der Waals surface area (Å²) in [5, 5.41) is 7.88. The van der Waals surface area contributed by atoms with E-state index in [2.05, 4.69) is 15.6 Å². The molecule has 1 fully saturated rings. The fraction of sp³-hybridized carbons (Fsp3) is 0.308. The largest absolute Gasteiger partial charge is 0.491 e. The number of aromatic nitrogens is 1. The SMILES string of the molecule is CC(C)Oc1cc(Oc2ccc(C(=O)NCCN3CCCC3=O)cc2)cc(C(=O)Nc2nccs2)c1. The molecule has 0 saturated carbocycles. The number of amides is 3. The van der Waals surface area contributed by atoms with Gasteiger partial charge in [-0.15, -0.1) is 11.3 Å². The van der Waals surface area contributed by atoms with E-state index in [1.807, 2.05) is 13.8 Å². The summed E-state index contributed by atoms with van der Waals surface area (Å²) in [5.41, 5.74) is 0.848. The van der Waals surface area contributed by atoms with Gasteiger partial charge in [0.1, 0.15) is 17.2 Å². The molecule has 0 aliphatic carbocycles. The number of thiazole rings is 1. The molecule has 1 aliphatic rings. The smallest absolute Gasteiger partial charge is 0.257 e. The van der Waals surface area contributed by atoms with Crippen molar-refractivity contribution < 1.29 is 23.9 Å². The quantitative estimate of drug-likeness (QED) is 0.422. The third-order valence-corrected chi connectivity index (χ3v) is 6.05. The van der Waals surface area contributed by atoms with E-state index in [1.54, 1.807) is 58.9 Å². The van der Waals surface area contributed by atoms with Gasteiger partial charge in [0.25, 0.3) is 11.8 Å². The van der Waals surface area contributed by atoms with Gasteiger partial charge in [-0.05, 0) is 56.7 Å². The van der Waals surface area contributed by atoms with Crippen molar-refractivity contribution in [3.63, 3.8) is 0 Å². The third-order valence-electron chi connectivity index (χ3n) is 5.36. The van der Waals surface area contributed by atoms with Crippen molar-refractivity contribution in [2.45, 2.75) is 32.8 Å². The summed E-state index contributed by atoms with van der Waals surface area (Å²) in [6.45, 7) is 5.46. The average Bonchev–Trinajstić information content (AvgIpc) is 3.50. The molecule has 188 valence electrons. The first-order chi connectivity index (χ1) is 17.4. The lowest BCUT2D eigenvalue weighted by Crippen LogP contribution is -2.35. The molecule has 1 aliphatic heterocycles. The van der Waals surface area contributed by atoms with Crippen LogP contribution in [0.3, 0.4) is 0 Å². The number of carbonyl (C=O) groups excluding carboxylic acids is 3. The van der Waals surface area contributed by atoms with Gasteiger partial charge in [0.2, 0.25) is 5.91 Å². The molecule has 10 heteroatoms. The molecule has 9 nitrogen and oxygen atoms in total. The summed E-state index contributed by atoms with van der Waals surface area (Å²) in [6.07, 6.45) is 2.99. The van der Waals surface area contributed by atoms with E-state index < -0.39 is 0 Å². The van der Waals surface area contributed by atoms with Crippen molar-refractivity contribution >= 4 is 34.2 Å². The maximum atomic E-state index is 12.7. The number of rotatable bonds is 10. The van der Waals surface area contributed by atoms with Crippen molar-refractivity contribution in [2.75, 3.05) is 25.0 Å². The lowest BCUT2D eigenvalue weighted by molar-refractivity contribution is -0.127. The van der Waals surface area contributed by atoms with Gasteiger partial charge in [-0.2, -0.15) is 0 Å². The van der Waals surface area contributed by atoms with Crippen LogP contribution in [0.5, 0.6) is 17.2 Å². The molecule has 1 saturated heterocycles. The highest BCUT2D eigenvalue weighted by atomic mass is 32.1. The Hall–Kier alpha value is -3.92. The highest BCUT2D eigenvalue weighted by molar-refractivity contribution is 7.13. The van der Waals surface area contributed by atoms with Gasteiger partial charge >= 0.3 is 0 Å². The zero-order chi connectivity index (χ0) is 25.5. The predicted octanol–water partition coefficient (Wildman–Crippen LogP) is 4.33. The molecule has 0 bridgehead atoms. The van der Waals surface area contributed by atoms with Crippen molar-refractivity contribution in [1.82, 2.24) is 15.2 Å². The van der Waals surface area contributed by atoms with E-state index in [4.69, 9.17) is 9.47 Å². The number of nitrogens with one attached hydrogen (secondary N) is 2. The van der Waals surface area contributed by atoms with Gasteiger partial charge in [-0.1, -0.05) is 0 Å². The fourth-order valence-corrected chi connectivity index (χ4v) is 4.24. The van der Waals surface area contributed by atoms with Crippen molar-refractivity contribution in [3.8, 4) is 17.2 Å². The first-order valence-corrected chi connectivity index (χ1v) is 12.6. The van der Waals surface area contributed by atoms with Crippen LogP contribution in [0.4, 0.5) is 5.13 Å². The Balaban J connectivity index is 1.40. The number of likely N-dealkylation sites (tertiary alicyclic amines) is 1. The van der Waals surface area contributed by atoms with E-state index in [-0.39, 0.29) is 23.8 Å². The second-order valence-electron chi connectivity index (χ2n) is 8.52. The van der Waals surface area contributed by atoms with Crippen LogP contribution in [0, 0.1) is 0 Å². The van der Waals surface area contributed by atoms with Crippen LogP contribution >= 0.6 is 11.3 Å². The van der Waals surface area contributed by atoms with E-state index in [0.29, 0.717) is 53.0 Å². The Labute approximate surface area is 213 Å². The van der Waals surface area contributed by atoms with Crippen LogP contribution in [0.1, 0.15) is 47.4 Å². The molecule has 0 radical (unpaired) electrons. The minimum absolute atomic E-state index is 0.0866. The summed E-state index contributed by atoms with van der Waals surface area (Å²) in [5.74, 6) is 1.01. The number of hydrogen-bond acceptors (Lipinski definition) is 7. The molecule has 1 aromatic heterocycles. The second kappa shape index (κ2) is 11.7. The summed E-state index contributed by atoms with van der Waals surface area (Å²) in [6, 6.07) is 11.7. The molecule has 2 N–H and O–H groups in total. The highest BCUT2D eigenvalue weighted by Gasteiger charge is 2.19. The third kappa shape index (κ3) is 6.82. The van der Waals surface area contributed by atoms with Gasteiger partial charge in [0, 0.05) is 54.8 Å². The van der Waals surface area contributed by atoms with Crippen molar-refractivity contribution in [1.29, 1.82) is 0 Å². The van der Waals surface area contributed by atoms with Crippen LogP contribution < -0.4 is 20.1 Å². The van der Waals surface area contributed by atoms with E-state index in [1.165, 1.54) is 11.3 Å². The maximum Gasteiger partial charge on any atom is 0.257 e. The fourth-order valence-electron chi connectivity index (χ4n) is 3.71. The Kier molecular flexibility index (Phi) is 8.17. The summed E-state index contributed by atoms with van der Waals surface area (Å²) in [4.78, 5) is 42.7. The van der Waals surface area contributed by atoms with Gasteiger partial charge in [-0.25, -0.2) is 4.98 Å². The molecule has 0 atom stereocenters. The minimum Gasteiger partial charge on any atom is -0.491 e. The predicted molar refractivity (Wildman–Crippen MR) is 137 cm³/mol. The minimum atomic E-state index is -0.327. The summed E-state index contributed by atoms with van der Waals surface area (Å²) < 4.78 is 11.8. The number of nitrogens with zero attached hydrogens (tertiary/aromatic N) is 2. The zero-order valence-corrected chi connectivity index (χ0v) is 21.0. The standard InChI is InChI=1S/C26H28N4O5S/c1-17(2)34-21-14-19(25(33)29-26-28-10-13-36-26)15-22(16-21)35-20-7-5-18(6-8-20)24(32)27-9-12-30-11-3-4-23(30)31/h5-8,10,13-17H,3-4,9,11-12H2,1-2H3,(H,27,32)(H,28,29,33). The van der Waals surface area contributed by atoms with Crippen molar-refractivity contribution in [2.24, 2.45) is 0 Å². The van der Waals surface area contributed by atoms with Gasteiger partial charge < -0.3 is 19.7 Å². The molecule has 36 heavy (non-hydrogen) atoms. The van der Waals surface area contributed by atoms with E-state index in [9.17, 15) is 14.4 Å². The van der Waals surface area contributed by atoms with Gasteiger partial charge in [-0.3, -0.25) is 19.7 Å². The monoisotopic (exact) mass is 508 g/mol. The second-order valence-corrected chi connectivity index (χ2v) is 9.41. The van der Waals surface area contributed by atoms with Crippen molar-refractivity contribution in [3.05, 3.63) is 65.2 Å². The molecular formula is C26H28N4O5S. The first kappa shape index (κ1) is 25.2. The topological polar surface area (TPSA) is 110 Å². The highest BCUT2D eigenvalue weighted by Crippen LogP contribution is 2.29. The average molecular weight is 509 g/mol. The molecule has 4 rings (SSSR count). The van der Waals surface area contributed by atoms with Gasteiger partial charge in [0.15, 0.2) is 5.13 Å². The molecule has 3 amide bonds. The number of benzene rings is 2. The van der Waals surface area contributed by atoms with E-state index >= 15 is 0 Å². The molecule has 2 heterocycles. The van der Waals surface area contributed by atoms with Crippen LogP contribution in [0.25, 0.3) is 0 Å². The van der Waals surface area contributed by atoms with Gasteiger partial charge in [0.05, 0.1) is 6.10 Å².